The summed E-state index contributed by atoms with van der Waals surface area (Å²) >= 11 is 0. The summed E-state index contributed by atoms with van der Waals surface area (Å²) in [6.45, 7) is 3.85. The van der Waals surface area contributed by atoms with Gasteiger partial charge >= 0.3 is 0 Å². The first-order chi connectivity index (χ1) is 8.83. The van der Waals surface area contributed by atoms with Gasteiger partial charge in [-0.25, -0.2) is 0 Å². The first kappa shape index (κ1) is 11.8. The number of para-hydroxylation sites is 2. The van der Waals surface area contributed by atoms with Crippen molar-refractivity contribution in [1.29, 1.82) is 0 Å². The van der Waals surface area contributed by atoms with E-state index in [0.717, 1.165) is 24.0 Å². The van der Waals surface area contributed by atoms with Gasteiger partial charge in [-0.05, 0) is 30.9 Å². The second-order valence-electron chi connectivity index (χ2n) is 5.42. The molecular weight excluding hydrogens is 226 g/mol. The Morgan fingerprint density at radius 1 is 1.22 bits per heavy atom. The zero-order chi connectivity index (χ0) is 12.4. The minimum Gasteiger partial charge on any atom is -0.486 e. The Hall–Kier alpha value is -1.22. The standard InChI is InChI=1S/C15H21NO2/c1-11-5-4-6-13(11)16-9-12-10-17-14-7-2-3-8-15(14)18-12/h2-3,7-8,11-13,16H,4-6,9-10H2,1H3. The molecule has 1 heterocycles. The summed E-state index contributed by atoms with van der Waals surface area (Å²) in [6.07, 6.45) is 4.13. The molecule has 3 atom stereocenters. The molecule has 18 heavy (non-hydrogen) atoms. The third-order valence-corrected chi connectivity index (χ3v) is 4.04. The number of benzene rings is 1. The summed E-state index contributed by atoms with van der Waals surface area (Å²) < 4.78 is 11.7. The van der Waals surface area contributed by atoms with Gasteiger partial charge in [0.1, 0.15) is 12.7 Å². The van der Waals surface area contributed by atoms with Crippen molar-refractivity contribution < 1.29 is 9.47 Å². The Morgan fingerprint density at radius 3 is 2.83 bits per heavy atom. The molecule has 0 radical (unpaired) electrons. The maximum absolute atomic E-state index is 5.94. The molecule has 3 unspecified atom stereocenters. The summed E-state index contributed by atoms with van der Waals surface area (Å²) in [7, 11) is 0. The Balaban J connectivity index is 1.53. The van der Waals surface area contributed by atoms with E-state index in [1.54, 1.807) is 0 Å². The van der Waals surface area contributed by atoms with Gasteiger partial charge in [-0.2, -0.15) is 0 Å². The molecule has 3 nitrogen and oxygen atoms in total. The summed E-state index contributed by atoms with van der Waals surface area (Å²) in [6, 6.07) is 8.54. The van der Waals surface area contributed by atoms with E-state index in [2.05, 4.69) is 12.2 Å². The molecule has 0 spiro atoms. The highest BCUT2D eigenvalue weighted by atomic mass is 16.6. The average molecular weight is 247 g/mol. The van der Waals surface area contributed by atoms with Crippen LogP contribution in [0.2, 0.25) is 0 Å². The highest BCUT2D eigenvalue weighted by Gasteiger charge is 2.26. The van der Waals surface area contributed by atoms with Crippen LogP contribution in [0.15, 0.2) is 24.3 Å². The van der Waals surface area contributed by atoms with Gasteiger partial charge in [0, 0.05) is 12.6 Å². The normalized spacial score (nSPS) is 30.4. The number of hydrogen-bond donors (Lipinski definition) is 1. The molecule has 1 aromatic carbocycles. The van der Waals surface area contributed by atoms with Crippen LogP contribution in [0, 0.1) is 5.92 Å². The number of hydrogen-bond acceptors (Lipinski definition) is 3. The monoisotopic (exact) mass is 247 g/mol. The molecule has 1 aliphatic heterocycles. The smallest absolute Gasteiger partial charge is 0.161 e. The zero-order valence-corrected chi connectivity index (χ0v) is 10.9. The van der Waals surface area contributed by atoms with Gasteiger partial charge < -0.3 is 14.8 Å². The van der Waals surface area contributed by atoms with Gasteiger partial charge in [0.2, 0.25) is 0 Å². The van der Waals surface area contributed by atoms with Crippen LogP contribution in [0.3, 0.4) is 0 Å². The largest absolute Gasteiger partial charge is 0.486 e. The topological polar surface area (TPSA) is 30.5 Å². The molecule has 1 N–H and O–H groups in total. The van der Waals surface area contributed by atoms with Gasteiger partial charge in [-0.15, -0.1) is 0 Å². The van der Waals surface area contributed by atoms with Gasteiger partial charge in [0.25, 0.3) is 0 Å². The van der Waals surface area contributed by atoms with Crippen LogP contribution >= 0.6 is 0 Å². The van der Waals surface area contributed by atoms with Crippen molar-refractivity contribution in [3.05, 3.63) is 24.3 Å². The molecule has 98 valence electrons. The van der Waals surface area contributed by atoms with Crippen molar-refractivity contribution in [2.75, 3.05) is 13.2 Å². The number of rotatable bonds is 3. The lowest BCUT2D eigenvalue weighted by Crippen LogP contribution is -2.43. The third-order valence-electron chi connectivity index (χ3n) is 4.04. The molecule has 3 rings (SSSR count). The summed E-state index contributed by atoms with van der Waals surface area (Å²) in [4.78, 5) is 0. The van der Waals surface area contributed by atoms with E-state index in [9.17, 15) is 0 Å². The van der Waals surface area contributed by atoms with Gasteiger partial charge in [0.05, 0.1) is 0 Å². The van der Waals surface area contributed by atoms with E-state index in [1.807, 2.05) is 24.3 Å². The number of ether oxygens (including phenoxy) is 2. The Morgan fingerprint density at radius 2 is 2.06 bits per heavy atom. The Labute approximate surface area is 108 Å². The molecule has 1 aliphatic carbocycles. The average Bonchev–Trinajstić information content (AvgIpc) is 2.82. The molecule has 2 aliphatic rings. The SMILES string of the molecule is CC1CCCC1NCC1COc2ccccc2O1. The van der Waals surface area contributed by atoms with E-state index >= 15 is 0 Å². The molecular formula is C15H21NO2. The molecule has 0 bridgehead atoms. The second kappa shape index (κ2) is 5.19. The lowest BCUT2D eigenvalue weighted by atomic mass is 10.1. The first-order valence-corrected chi connectivity index (χ1v) is 6.95. The van der Waals surface area contributed by atoms with E-state index in [1.165, 1.54) is 19.3 Å². The van der Waals surface area contributed by atoms with Crippen molar-refractivity contribution in [1.82, 2.24) is 5.32 Å². The quantitative estimate of drug-likeness (QED) is 0.890. The molecule has 1 fully saturated rings. The van der Waals surface area contributed by atoms with Crippen LogP contribution in [0.1, 0.15) is 26.2 Å². The summed E-state index contributed by atoms with van der Waals surface area (Å²) in [5.41, 5.74) is 0. The van der Waals surface area contributed by atoms with E-state index in [-0.39, 0.29) is 6.10 Å². The van der Waals surface area contributed by atoms with Crippen molar-refractivity contribution in [2.45, 2.75) is 38.3 Å². The Kier molecular flexibility index (Phi) is 3.41. The van der Waals surface area contributed by atoms with Crippen molar-refractivity contribution in [3.63, 3.8) is 0 Å². The highest BCUT2D eigenvalue weighted by molar-refractivity contribution is 5.40. The summed E-state index contributed by atoms with van der Waals surface area (Å²) in [5, 5.41) is 3.63. The predicted octanol–water partition coefficient (Wildman–Crippen LogP) is 2.60. The van der Waals surface area contributed by atoms with Crippen molar-refractivity contribution in [3.8, 4) is 11.5 Å². The maximum atomic E-state index is 5.94. The minimum absolute atomic E-state index is 0.132. The molecule has 0 amide bonds. The molecule has 0 saturated heterocycles. The highest BCUT2D eigenvalue weighted by Crippen LogP contribution is 2.31. The van der Waals surface area contributed by atoms with Crippen LogP contribution in [-0.4, -0.2) is 25.3 Å². The van der Waals surface area contributed by atoms with Gasteiger partial charge in [0.15, 0.2) is 11.5 Å². The maximum Gasteiger partial charge on any atom is 0.161 e. The van der Waals surface area contributed by atoms with Crippen molar-refractivity contribution in [2.24, 2.45) is 5.92 Å². The molecule has 0 aromatic heterocycles. The van der Waals surface area contributed by atoms with E-state index < -0.39 is 0 Å². The van der Waals surface area contributed by atoms with E-state index in [0.29, 0.717) is 12.6 Å². The third kappa shape index (κ3) is 2.46. The fourth-order valence-corrected chi connectivity index (χ4v) is 2.90. The molecule has 3 heteroatoms. The van der Waals surface area contributed by atoms with Gasteiger partial charge in [-0.1, -0.05) is 25.5 Å². The van der Waals surface area contributed by atoms with Crippen LogP contribution < -0.4 is 14.8 Å². The lowest BCUT2D eigenvalue weighted by molar-refractivity contribution is 0.0872. The minimum atomic E-state index is 0.132. The van der Waals surface area contributed by atoms with Gasteiger partial charge in [-0.3, -0.25) is 0 Å². The second-order valence-corrected chi connectivity index (χ2v) is 5.42. The fraction of sp³-hybridized carbons (Fsp3) is 0.600. The number of nitrogens with one attached hydrogen (secondary N) is 1. The number of fused-ring (bicyclic) bond motifs is 1. The zero-order valence-electron chi connectivity index (χ0n) is 10.9. The van der Waals surface area contributed by atoms with E-state index in [4.69, 9.17) is 9.47 Å². The van der Waals surface area contributed by atoms with Crippen molar-refractivity contribution >= 4 is 0 Å². The van der Waals surface area contributed by atoms with Crippen LogP contribution in [-0.2, 0) is 0 Å². The van der Waals surface area contributed by atoms with Crippen LogP contribution in [0.25, 0.3) is 0 Å². The van der Waals surface area contributed by atoms with Crippen LogP contribution in [0.5, 0.6) is 11.5 Å². The van der Waals surface area contributed by atoms with Crippen LogP contribution in [0.4, 0.5) is 0 Å². The molecule has 1 aromatic rings. The Bertz CT molecular complexity index is 407. The predicted molar refractivity (Wildman–Crippen MR) is 71.2 cm³/mol. The summed E-state index contributed by atoms with van der Waals surface area (Å²) in [5.74, 6) is 2.53. The molecule has 1 saturated carbocycles. The lowest BCUT2D eigenvalue weighted by Gasteiger charge is -2.28. The first-order valence-electron chi connectivity index (χ1n) is 6.95. The fourth-order valence-electron chi connectivity index (χ4n) is 2.90.